The lowest BCUT2D eigenvalue weighted by atomic mass is 9.96. The van der Waals surface area contributed by atoms with Gasteiger partial charge in [0.1, 0.15) is 18.5 Å². The molecule has 0 aromatic heterocycles. The molecule has 0 bridgehead atoms. The first-order chi connectivity index (χ1) is 16.7. The van der Waals surface area contributed by atoms with Crippen LogP contribution in [0.15, 0.2) is 48.5 Å². The van der Waals surface area contributed by atoms with Gasteiger partial charge in [-0.15, -0.1) is 0 Å². The number of nitrogens with zero attached hydrogens (tertiary/aromatic N) is 2. The maximum Gasteiger partial charge on any atom is 0.408 e. The first kappa shape index (κ1) is 28.2. The first-order valence-corrected chi connectivity index (χ1v) is 12.6. The molecule has 6 nitrogen and oxygen atoms in total. The average Bonchev–Trinajstić information content (AvgIpc) is 3.07. The van der Waals surface area contributed by atoms with Crippen LogP contribution < -0.4 is 0 Å². The van der Waals surface area contributed by atoms with Crippen molar-refractivity contribution >= 4 is 35.2 Å². The predicted molar refractivity (Wildman–Crippen MR) is 140 cm³/mol. The SMILES string of the molecule is C[C@H](c1ccc(-c2ccc([C@H]3OC(C)(C)N(C(=O)C(Cl)Cl)[C@@H]3CF)cc2)cc1)N(C(=O)O)C(C)(C)C. The number of amides is 2. The van der Waals surface area contributed by atoms with Crippen LogP contribution in [0.25, 0.3) is 11.1 Å². The van der Waals surface area contributed by atoms with Gasteiger partial charge in [0.2, 0.25) is 0 Å². The van der Waals surface area contributed by atoms with Crippen LogP contribution in [0.3, 0.4) is 0 Å². The molecule has 1 fully saturated rings. The van der Waals surface area contributed by atoms with E-state index in [1.807, 2.05) is 76.2 Å². The summed E-state index contributed by atoms with van der Waals surface area (Å²) in [4.78, 5) is 25.8. The monoisotopic (exact) mass is 538 g/mol. The topological polar surface area (TPSA) is 70.1 Å². The summed E-state index contributed by atoms with van der Waals surface area (Å²) >= 11 is 11.6. The van der Waals surface area contributed by atoms with Crippen molar-refractivity contribution in [2.45, 2.75) is 75.8 Å². The summed E-state index contributed by atoms with van der Waals surface area (Å²) in [5, 5.41) is 9.69. The molecule has 2 amide bonds. The molecule has 0 saturated carbocycles. The lowest BCUT2D eigenvalue weighted by molar-refractivity contribution is -0.145. The molecule has 0 spiro atoms. The van der Waals surface area contributed by atoms with Crippen LogP contribution >= 0.6 is 23.2 Å². The largest absolute Gasteiger partial charge is 0.465 e. The Bertz CT molecular complexity index is 1080. The average molecular weight is 539 g/mol. The summed E-state index contributed by atoms with van der Waals surface area (Å²) in [6.07, 6.45) is -1.64. The molecule has 1 N–H and O–H groups in total. The van der Waals surface area contributed by atoms with E-state index in [1.165, 1.54) is 9.80 Å². The zero-order chi connectivity index (χ0) is 27.0. The van der Waals surface area contributed by atoms with Crippen molar-refractivity contribution in [2.75, 3.05) is 6.67 Å². The molecular formula is C27H33Cl2FN2O4. The second-order valence-electron chi connectivity index (χ2n) is 10.5. The summed E-state index contributed by atoms with van der Waals surface area (Å²) in [7, 11) is 0. The van der Waals surface area contributed by atoms with E-state index < -0.39 is 46.9 Å². The van der Waals surface area contributed by atoms with Gasteiger partial charge >= 0.3 is 6.09 Å². The van der Waals surface area contributed by atoms with Gasteiger partial charge < -0.3 is 14.7 Å². The quantitative estimate of drug-likeness (QED) is 0.403. The van der Waals surface area contributed by atoms with E-state index in [0.717, 1.165) is 22.3 Å². The van der Waals surface area contributed by atoms with Gasteiger partial charge in [0.25, 0.3) is 5.91 Å². The standard InChI is InChI=1S/C27H33Cl2FN2O4/c1-16(31(25(34)35)26(2,3)4)17-7-9-18(10-8-17)19-11-13-20(14-12-19)22-21(15-30)32(24(33)23(28)29)27(5,6)36-22/h7-14,16,21-23H,15H2,1-6H3,(H,34,35)/t16-,21-,22-/m1/s1. The van der Waals surface area contributed by atoms with Crippen LogP contribution in [-0.4, -0.2) is 55.7 Å². The molecule has 1 heterocycles. The molecule has 1 aliphatic rings. The molecular weight excluding hydrogens is 506 g/mol. The van der Waals surface area contributed by atoms with Crippen LogP contribution in [0.2, 0.25) is 0 Å². The Morgan fingerprint density at radius 1 is 1.08 bits per heavy atom. The van der Waals surface area contributed by atoms with Gasteiger partial charge in [-0.25, -0.2) is 9.18 Å². The Balaban J connectivity index is 1.82. The Morgan fingerprint density at radius 3 is 2.00 bits per heavy atom. The molecule has 0 unspecified atom stereocenters. The van der Waals surface area contributed by atoms with Crippen LogP contribution in [-0.2, 0) is 9.53 Å². The molecule has 1 saturated heterocycles. The highest BCUT2D eigenvalue weighted by molar-refractivity contribution is 6.53. The summed E-state index contributed by atoms with van der Waals surface area (Å²) in [6.45, 7) is 10.1. The van der Waals surface area contributed by atoms with Crippen molar-refractivity contribution < 1.29 is 23.8 Å². The van der Waals surface area contributed by atoms with E-state index in [-0.39, 0.29) is 6.04 Å². The lowest BCUT2D eigenvalue weighted by Crippen LogP contribution is -2.50. The van der Waals surface area contributed by atoms with E-state index in [2.05, 4.69) is 0 Å². The maximum absolute atomic E-state index is 14.1. The number of carboxylic acid groups (broad SMARTS) is 1. The van der Waals surface area contributed by atoms with Gasteiger partial charge in [-0.2, -0.15) is 0 Å². The normalized spacial score (nSPS) is 20.4. The van der Waals surface area contributed by atoms with Crippen molar-refractivity contribution in [3.63, 3.8) is 0 Å². The molecule has 0 radical (unpaired) electrons. The van der Waals surface area contributed by atoms with Gasteiger partial charge in [-0.1, -0.05) is 71.7 Å². The fourth-order valence-corrected chi connectivity index (χ4v) is 5.17. The second-order valence-corrected chi connectivity index (χ2v) is 11.6. The third kappa shape index (κ3) is 5.63. The van der Waals surface area contributed by atoms with Crippen LogP contribution in [0.4, 0.5) is 9.18 Å². The molecule has 2 aromatic rings. The van der Waals surface area contributed by atoms with Crippen molar-refractivity contribution in [2.24, 2.45) is 0 Å². The number of hydrogen-bond acceptors (Lipinski definition) is 3. The highest BCUT2D eigenvalue weighted by atomic mass is 35.5. The van der Waals surface area contributed by atoms with E-state index in [4.69, 9.17) is 27.9 Å². The molecule has 36 heavy (non-hydrogen) atoms. The molecule has 2 aromatic carbocycles. The summed E-state index contributed by atoms with van der Waals surface area (Å²) in [6, 6.07) is 14.1. The predicted octanol–water partition coefficient (Wildman–Crippen LogP) is 6.97. The molecule has 196 valence electrons. The van der Waals surface area contributed by atoms with E-state index in [1.54, 1.807) is 13.8 Å². The van der Waals surface area contributed by atoms with Gasteiger partial charge in [0.05, 0.1) is 12.1 Å². The number of rotatable bonds is 6. The van der Waals surface area contributed by atoms with Gasteiger partial charge in [-0.3, -0.25) is 9.69 Å². The summed E-state index contributed by atoms with van der Waals surface area (Å²) in [5.74, 6) is -0.590. The second kappa shape index (κ2) is 10.6. The van der Waals surface area contributed by atoms with Crippen molar-refractivity contribution in [3.8, 4) is 11.1 Å². The minimum Gasteiger partial charge on any atom is -0.465 e. The number of halogens is 3. The van der Waals surface area contributed by atoms with E-state index in [0.29, 0.717) is 0 Å². The van der Waals surface area contributed by atoms with Crippen LogP contribution in [0.1, 0.15) is 64.8 Å². The first-order valence-electron chi connectivity index (χ1n) is 11.8. The number of alkyl halides is 3. The third-order valence-corrected chi connectivity index (χ3v) is 6.91. The minimum atomic E-state index is -1.31. The molecule has 3 rings (SSSR count). The minimum absolute atomic E-state index is 0.314. The number of carbonyl (C=O) groups is 2. The Labute approximate surface area is 221 Å². The fraction of sp³-hybridized carbons (Fsp3) is 0.481. The van der Waals surface area contributed by atoms with Gasteiger partial charge in [0, 0.05) is 5.54 Å². The molecule has 9 heteroatoms. The molecule has 3 atom stereocenters. The van der Waals surface area contributed by atoms with Gasteiger partial charge in [0.15, 0.2) is 4.84 Å². The molecule has 0 aliphatic carbocycles. The van der Waals surface area contributed by atoms with Crippen molar-refractivity contribution in [1.82, 2.24) is 9.80 Å². The number of hydrogen-bond donors (Lipinski definition) is 1. The highest BCUT2D eigenvalue weighted by Gasteiger charge is 2.51. The zero-order valence-corrected chi connectivity index (χ0v) is 22.8. The smallest absolute Gasteiger partial charge is 0.408 e. The Morgan fingerprint density at radius 2 is 1.58 bits per heavy atom. The number of benzene rings is 2. The van der Waals surface area contributed by atoms with Crippen molar-refractivity contribution in [1.29, 1.82) is 0 Å². The van der Waals surface area contributed by atoms with E-state index in [9.17, 15) is 19.1 Å². The molecule has 1 aliphatic heterocycles. The van der Waals surface area contributed by atoms with Gasteiger partial charge in [-0.05, 0) is 63.8 Å². The lowest BCUT2D eigenvalue weighted by Gasteiger charge is -2.38. The third-order valence-electron chi connectivity index (χ3n) is 6.54. The van der Waals surface area contributed by atoms with Crippen LogP contribution in [0.5, 0.6) is 0 Å². The maximum atomic E-state index is 14.1. The fourth-order valence-electron chi connectivity index (χ4n) is 4.96. The summed E-state index contributed by atoms with van der Waals surface area (Å²) in [5.41, 5.74) is 1.91. The Kier molecular flexibility index (Phi) is 8.28. The Hall–Kier alpha value is -2.35. The summed E-state index contributed by atoms with van der Waals surface area (Å²) < 4.78 is 20.2. The van der Waals surface area contributed by atoms with Crippen molar-refractivity contribution in [3.05, 3.63) is 59.7 Å². The number of ether oxygens (including phenoxy) is 1. The zero-order valence-electron chi connectivity index (χ0n) is 21.3. The number of carbonyl (C=O) groups excluding carboxylic acids is 1. The van der Waals surface area contributed by atoms with Crippen LogP contribution in [0, 0.1) is 0 Å². The highest BCUT2D eigenvalue weighted by Crippen LogP contribution is 2.42. The van der Waals surface area contributed by atoms with E-state index >= 15 is 0 Å².